The first-order valence-corrected chi connectivity index (χ1v) is 7.41. The number of oxazole rings is 1. The molecule has 5 nitrogen and oxygen atoms in total. The van der Waals surface area contributed by atoms with E-state index in [0.717, 1.165) is 16.6 Å². The largest absolute Gasteiger partial charge is 0.504 e. The van der Waals surface area contributed by atoms with Crippen LogP contribution in [0.2, 0.25) is 0 Å². The lowest BCUT2D eigenvalue weighted by atomic mass is 10.2. The van der Waals surface area contributed by atoms with E-state index >= 15 is 0 Å². The van der Waals surface area contributed by atoms with E-state index < -0.39 is 0 Å². The van der Waals surface area contributed by atoms with Crippen LogP contribution >= 0.6 is 0 Å². The quantitative estimate of drug-likeness (QED) is 0.699. The smallest absolute Gasteiger partial charge is 0.219 e. The maximum absolute atomic E-state index is 9.56. The molecule has 5 heteroatoms. The zero-order valence-electron chi connectivity index (χ0n) is 13.1. The molecule has 0 atom stereocenters. The predicted molar refractivity (Wildman–Crippen MR) is 92.7 cm³/mol. The highest BCUT2D eigenvalue weighted by Crippen LogP contribution is 2.26. The van der Waals surface area contributed by atoms with Gasteiger partial charge in [0.25, 0.3) is 0 Å². The Morgan fingerprint density at radius 1 is 1.12 bits per heavy atom. The van der Waals surface area contributed by atoms with E-state index in [9.17, 15) is 5.11 Å². The monoisotopic (exact) mass is 323 g/mol. The molecule has 0 aliphatic heterocycles. The number of aromatic nitrogens is 1. The Balaban J connectivity index is 1.74. The summed E-state index contributed by atoms with van der Waals surface area (Å²) in [5.41, 5.74) is 3.09. The van der Waals surface area contributed by atoms with E-state index in [2.05, 4.69) is 4.98 Å². The molecule has 24 heavy (non-hydrogen) atoms. The zero-order chi connectivity index (χ0) is 16.9. The molecule has 122 valence electrons. The van der Waals surface area contributed by atoms with E-state index in [1.165, 1.54) is 7.11 Å². The Bertz CT molecular complexity index is 909. The molecule has 1 heterocycles. The van der Waals surface area contributed by atoms with Crippen LogP contribution in [0.25, 0.3) is 23.3 Å². The minimum atomic E-state index is -0.0271. The molecular weight excluding hydrogens is 306 g/mol. The van der Waals surface area contributed by atoms with Gasteiger partial charge in [0.05, 0.1) is 13.7 Å². The van der Waals surface area contributed by atoms with E-state index in [1.54, 1.807) is 30.3 Å². The normalized spacial score (nSPS) is 11.8. The number of rotatable bonds is 5. The molecule has 2 aromatic carbocycles. The summed E-state index contributed by atoms with van der Waals surface area (Å²) in [6.45, 7) is -0.0271. The minimum absolute atomic E-state index is 0.0271. The second kappa shape index (κ2) is 7.02. The average Bonchev–Trinajstić information content (AvgIpc) is 3.01. The van der Waals surface area contributed by atoms with E-state index in [1.807, 2.05) is 30.4 Å². The Kier molecular flexibility index (Phi) is 4.63. The van der Waals surface area contributed by atoms with Crippen LogP contribution in [0.1, 0.15) is 17.0 Å². The molecule has 0 aliphatic carbocycles. The summed E-state index contributed by atoms with van der Waals surface area (Å²) in [5.74, 6) is 1.03. The number of phenolic OH excluding ortho intramolecular Hbond substituents is 1. The number of phenols is 1. The van der Waals surface area contributed by atoms with Gasteiger partial charge in [0.1, 0.15) is 5.52 Å². The van der Waals surface area contributed by atoms with Crippen molar-refractivity contribution in [3.8, 4) is 11.5 Å². The lowest BCUT2D eigenvalue weighted by molar-refractivity contribution is 0.282. The SMILES string of the molecule is COc1cc(/C=C\C=C\c2nc3ccc(CO)cc3o2)ccc1O. The maximum Gasteiger partial charge on any atom is 0.219 e. The highest BCUT2D eigenvalue weighted by atomic mass is 16.5. The van der Waals surface area contributed by atoms with Crippen molar-refractivity contribution in [3.05, 3.63) is 65.6 Å². The summed E-state index contributed by atoms with van der Waals surface area (Å²) < 4.78 is 10.7. The number of aliphatic hydroxyl groups excluding tert-OH is 1. The van der Waals surface area contributed by atoms with Crippen LogP contribution < -0.4 is 4.74 Å². The second-order valence-electron chi connectivity index (χ2n) is 5.16. The van der Waals surface area contributed by atoms with Gasteiger partial charge in [0.2, 0.25) is 5.89 Å². The summed E-state index contributed by atoms with van der Waals surface area (Å²) in [6.07, 6.45) is 7.30. The maximum atomic E-state index is 9.56. The van der Waals surface area contributed by atoms with E-state index in [4.69, 9.17) is 14.3 Å². The molecular formula is C19H17NO4. The van der Waals surface area contributed by atoms with Crippen molar-refractivity contribution < 1.29 is 19.4 Å². The van der Waals surface area contributed by atoms with Crippen LogP contribution in [0.5, 0.6) is 11.5 Å². The first-order chi connectivity index (χ1) is 11.7. The van der Waals surface area contributed by atoms with Crippen molar-refractivity contribution in [3.63, 3.8) is 0 Å². The van der Waals surface area contributed by atoms with Crippen molar-refractivity contribution >= 4 is 23.3 Å². The summed E-state index contributed by atoms with van der Waals surface area (Å²) in [4.78, 5) is 4.35. The summed E-state index contributed by atoms with van der Waals surface area (Å²) in [7, 11) is 1.51. The Morgan fingerprint density at radius 3 is 2.75 bits per heavy atom. The minimum Gasteiger partial charge on any atom is -0.504 e. The van der Waals surface area contributed by atoms with E-state index in [0.29, 0.717) is 17.2 Å². The lowest BCUT2D eigenvalue weighted by Gasteiger charge is -2.03. The van der Waals surface area contributed by atoms with Gasteiger partial charge in [-0.1, -0.05) is 30.4 Å². The third-order valence-corrected chi connectivity index (χ3v) is 3.49. The van der Waals surface area contributed by atoms with Gasteiger partial charge < -0.3 is 19.4 Å². The zero-order valence-corrected chi connectivity index (χ0v) is 13.1. The van der Waals surface area contributed by atoms with Crippen molar-refractivity contribution in [2.45, 2.75) is 6.61 Å². The van der Waals surface area contributed by atoms with Gasteiger partial charge in [0.15, 0.2) is 17.1 Å². The van der Waals surface area contributed by atoms with Crippen LogP contribution in [-0.4, -0.2) is 22.3 Å². The second-order valence-corrected chi connectivity index (χ2v) is 5.16. The third-order valence-electron chi connectivity index (χ3n) is 3.49. The molecule has 0 fully saturated rings. The number of hydrogen-bond acceptors (Lipinski definition) is 5. The van der Waals surface area contributed by atoms with Crippen LogP contribution in [0, 0.1) is 0 Å². The van der Waals surface area contributed by atoms with Crippen LogP contribution in [-0.2, 0) is 6.61 Å². The van der Waals surface area contributed by atoms with Gasteiger partial charge in [-0.15, -0.1) is 0 Å². The van der Waals surface area contributed by atoms with Crippen molar-refractivity contribution in [1.82, 2.24) is 4.98 Å². The number of nitrogens with zero attached hydrogens (tertiary/aromatic N) is 1. The van der Waals surface area contributed by atoms with Gasteiger partial charge in [-0.05, 0) is 35.4 Å². The molecule has 3 rings (SSSR count). The fourth-order valence-electron chi connectivity index (χ4n) is 2.26. The van der Waals surface area contributed by atoms with Crippen molar-refractivity contribution in [2.75, 3.05) is 7.11 Å². The Hall–Kier alpha value is -3.05. The standard InChI is InChI=1S/C19H17NO4/c1-23-18-10-13(7-9-16(18)22)4-2-3-5-19-20-15-8-6-14(12-21)11-17(15)24-19/h2-11,21-22H,12H2,1H3/b4-2-,5-3+. The van der Waals surface area contributed by atoms with Crippen LogP contribution in [0.4, 0.5) is 0 Å². The van der Waals surface area contributed by atoms with Crippen LogP contribution in [0.15, 0.2) is 53.0 Å². The van der Waals surface area contributed by atoms with Crippen molar-refractivity contribution in [1.29, 1.82) is 0 Å². The fraction of sp³-hybridized carbons (Fsp3) is 0.105. The van der Waals surface area contributed by atoms with Gasteiger partial charge >= 0.3 is 0 Å². The predicted octanol–water partition coefficient (Wildman–Crippen LogP) is 3.76. The number of allylic oxidation sites excluding steroid dienone is 2. The number of aromatic hydroxyl groups is 1. The van der Waals surface area contributed by atoms with Gasteiger partial charge in [-0.3, -0.25) is 0 Å². The van der Waals surface area contributed by atoms with Crippen LogP contribution in [0.3, 0.4) is 0 Å². The highest BCUT2D eigenvalue weighted by molar-refractivity contribution is 5.74. The Labute approximate surface area is 139 Å². The number of methoxy groups -OCH3 is 1. The molecule has 0 saturated heterocycles. The number of benzene rings is 2. The van der Waals surface area contributed by atoms with Gasteiger partial charge in [-0.2, -0.15) is 0 Å². The molecule has 0 spiro atoms. The summed E-state index contributed by atoms with van der Waals surface area (Å²) in [6, 6.07) is 10.5. The molecule has 0 saturated carbocycles. The van der Waals surface area contributed by atoms with E-state index in [-0.39, 0.29) is 12.4 Å². The fourth-order valence-corrected chi connectivity index (χ4v) is 2.26. The molecule has 0 amide bonds. The van der Waals surface area contributed by atoms with Gasteiger partial charge in [-0.25, -0.2) is 4.98 Å². The first kappa shape index (κ1) is 15.8. The number of ether oxygens (including phenoxy) is 1. The number of hydrogen-bond donors (Lipinski definition) is 2. The molecule has 1 aromatic heterocycles. The molecule has 3 aromatic rings. The Morgan fingerprint density at radius 2 is 1.96 bits per heavy atom. The molecule has 0 bridgehead atoms. The topological polar surface area (TPSA) is 75.7 Å². The summed E-state index contributed by atoms with van der Waals surface area (Å²) >= 11 is 0. The summed E-state index contributed by atoms with van der Waals surface area (Å²) in [5, 5.41) is 18.7. The average molecular weight is 323 g/mol. The molecule has 0 unspecified atom stereocenters. The van der Waals surface area contributed by atoms with Gasteiger partial charge in [0, 0.05) is 6.08 Å². The lowest BCUT2D eigenvalue weighted by Crippen LogP contribution is -1.83. The number of aliphatic hydroxyl groups is 1. The van der Waals surface area contributed by atoms with Crippen molar-refractivity contribution in [2.24, 2.45) is 0 Å². The first-order valence-electron chi connectivity index (χ1n) is 7.41. The highest BCUT2D eigenvalue weighted by Gasteiger charge is 2.03. The molecule has 2 N–H and O–H groups in total. The molecule has 0 aliphatic rings. The number of fused-ring (bicyclic) bond motifs is 1. The third kappa shape index (κ3) is 3.47. The molecule has 0 radical (unpaired) electrons.